The van der Waals surface area contributed by atoms with E-state index in [0.717, 1.165) is 31.2 Å². The van der Waals surface area contributed by atoms with E-state index in [1.165, 1.54) is 0 Å². The number of nitrogens with zero attached hydrogens (tertiary/aromatic N) is 4. The Hall–Kier alpha value is -2.21. The molecule has 0 aromatic carbocycles. The second kappa shape index (κ2) is 5.21. The van der Waals surface area contributed by atoms with Crippen molar-refractivity contribution in [1.29, 1.82) is 0 Å². The van der Waals surface area contributed by atoms with E-state index in [0.29, 0.717) is 0 Å². The molecule has 0 radical (unpaired) electrons. The number of hydrogen-bond acceptors (Lipinski definition) is 5. The smallest absolute Gasteiger partial charge is 0.251 e. The van der Waals surface area contributed by atoms with Crippen LogP contribution in [0.25, 0.3) is 0 Å². The van der Waals surface area contributed by atoms with E-state index in [1.807, 2.05) is 6.07 Å². The maximum Gasteiger partial charge on any atom is 0.251 e. The number of aromatic nitrogens is 3. The quantitative estimate of drug-likeness (QED) is 0.888. The van der Waals surface area contributed by atoms with Gasteiger partial charge in [0.15, 0.2) is 0 Å². The van der Waals surface area contributed by atoms with Crippen LogP contribution in [0.2, 0.25) is 0 Å². The molecule has 0 unspecified atom stereocenters. The van der Waals surface area contributed by atoms with Crippen LogP contribution in [0.1, 0.15) is 24.1 Å². The van der Waals surface area contributed by atoms with E-state index >= 15 is 0 Å². The Labute approximate surface area is 128 Å². The average molecular weight is 298 g/mol. The standard InChI is InChI=1S/C16H18N4O2/c21-10-14-12-7-11(13-3-1-4-15(22)20(13)14)8-19(9-12)16-17-5-2-6-18-16/h1-6,11-12,14,21H,7-10H2/t11-,12+,14+/m1/s1. The predicted molar refractivity (Wildman–Crippen MR) is 81.9 cm³/mol. The summed E-state index contributed by atoms with van der Waals surface area (Å²) in [7, 11) is 0. The lowest BCUT2D eigenvalue weighted by molar-refractivity contribution is 0.131. The number of aliphatic hydroxyl groups is 1. The number of anilines is 1. The van der Waals surface area contributed by atoms with Crippen LogP contribution in [0.3, 0.4) is 0 Å². The molecule has 114 valence electrons. The summed E-state index contributed by atoms with van der Waals surface area (Å²) in [5, 5.41) is 9.82. The topological polar surface area (TPSA) is 71.2 Å². The molecule has 1 fully saturated rings. The van der Waals surface area contributed by atoms with E-state index in [-0.39, 0.29) is 30.0 Å². The molecule has 1 N–H and O–H groups in total. The predicted octanol–water partition coefficient (Wildman–Crippen LogP) is 0.795. The van der Waals surface area contributed by atoms with E-state index < -0.39 is 0 Å². The molecule has 6 nitrogen and oxygen atoms in total. The molecule has 2 aromatic rings. The van der Waals surface area contributed by atoms with Crippen molar-refractivity contribution < 1.29 is 5.11 Å². The zero-order valence-electron chi connectivity index (χ0n) is 12.2. The third kappa shape index (κ3) is 2.02. The third-order valence-corrected chi connectivity index (χ3v) is 4.82. The second-order valence-corrected chi connectivity index (χ2v) is 6.06. The first kappa shape index (κ1) is 13.5. The Morgan fingerprint density at radius 2 is 2.00 bits per heavy atom. The van der Waals surface area contributed by atoms with Crippen LogP contribution < -0.4 is 10.5 Å². The number of piperidine rings is 1. The minimum absolute atomic E-state index is 0.0161. The SMILES string of the molecule is O=c1cccc2n1[C@@H](CO)[C@H]1C[C@@H]2CN(c2ncccn2)C1. The van der Waals surface area contributed by atoms with Crippen molar-refractivity contribution >= 4 is 5.95 Å². The van der Waals surface area contributed by atoms with Crippen LogP contribution >= 0.6 is 0 Å². The van der Waals surface area contributed by atoms with E-state index in [9.17, 15) is 9.90 Å². The van der Waals surface area contributed by atoms with Crippen molar-refractivity contribution in [2.45, 2.75) is 18.4 Å². The fourth-order valence-electron chi connectivity index (χ4n) is 3.90. The molecular weight excluding hydrogens is 280 g/mol. The van der Waals surface area contributed by atoms with Crippen molar-refractivity contribution in [2.75, 3.05) is 24.6 Å². The van der Waals surface area contributed by atoms with Crippen LogP contribution in [0.15, 0.2) is 41.5 Å². The van der Waals surface area contributed by atoms with E-state index in [2.05, 4.69) is 14.9 Å². The molecule has 4 heterocycles. The summed E-state index contributed by atoms with van der Waals surface area (Å²) < 4.78 is 1.79. The Morgan fingerprint density at radius 1 is 1.18 bits per heavy atom. The fraction of sp³-hybridized carbons (Fsp3) is 0.438. The highest BCUT2D eigenvalue weighted by Gasteiger charge is 2.40. The van der Waals surface area contributed by atoms with Crippen LogP contribution in [0.5, 0.6) is 0 Å². The van der Waals surface area contributed by atoms with Gasteiger partial charge < -0.3 is 14.6 Å². The molecule has 4 rings (SSSR count). The van der Waals surface area contributed by atoms with Gasteiger partial charge in [-0.25, -0.2) is 9.97 Å². The molecule has 2 aromatic heterocycles. The van der Waals surface area contributed by atoms with Gasteiger partial charge in [0.05, 0.1) is 12.6 Å². The van der Waals surface area contributed by atoms with Gasteiger partial charge in [0.25, 0.3) is 5.56 Å². The van der Waals surface area contributed by atoms with Gasteiger partial charge in [0, 0.05) is 49.1 Å². The zero-order valence-corrected chi connectivity index (χ0v) is 12.2. The molecule has 6 heteroatoms. The van der Waals surface area contributed by atoms with Crippen LogP contribution in [-0.2, 0) is 0 Å². The summed E-state index contributed by atoms with van der Waals surface area (Å²) >= 11 is 0. The lowest BCUT2D eigenvalue weighted by atomic mass is 9.79. The van der Waals surface area contributed by atoms with Gasteiger partial charge in [-0.1, -0.05) is 6.07 Å². The Bertz CT molecular complexity index is 730. The first-order valence-corrected chi connectivity index (χ1v) is 7.62. The number of pyridine rings is 1. The first-order valence-electron chi connectivity index (χ1n) is 7.62. The molecule has 0 saturated carbocycles. The molecule has 22 heavy (non-hydrogen) atoms. The van der Waals surface area contributed by atoms with Crippen LogP contribution in [0, 0.1) is 5.92 Å². The fourth-order valence-corrected chi connectivity index (χ4v) is 3.90. The molecule has 2 aliphatic rings. The summed E-state index contributed by atoms with van der Waals surface area (Å²) in [4.78, 5) is 23.1. The molecule has 0 spiro atoms. The minimum Gasteiger partial charge on any atom is -0.394 e. The summed E-state index contributed by atoms with van der Waals surface area (Å²) in [6.07, 6.45) is 4.49. The Balaban J connectivity index is 1.76. The van der Waals surface area contributed by atoms with Crippen molar-refractivity contribution in [2.24, 2.45) is 5.92 Å². The third-order valence-electron chi connectivity index (χ3n) is 4.82. The summed E-state index contributed by atoms with van der Waals surface area (Å²) in [5.74, 6) is 1.24. The maximum atomic E-state index is 12.2. The normalized spacial score (nSPS) is 26.6. The summed E-state index contributed by atoms with van der Waals surface area (Å²) in [5.41, 5.74) is 0.999. The van der Waals surface area contributed by atoms with Crippen molar-refractivity contribution in [3.8, 4) is 0 Å². The highest BCUT2D eigenvalue weighted by Crippen LogP contribution is 2.41. The largest absolute Gasteiger partial charge is 0.394 e. The highest BCUT2D eigenvalue weighted by molar-refractivity contribution is 5.34. The second-order valence-electron chi connectivity index (χ2n) is 6.06. The van der Waals surface area contributed by atoms with E-state index in [4.69, 9.17) is 0 Å². The Morgan fingerprint density at radius 3 is 2.77 bits per heavy atom. The number of hydrogen-bond donors (Lipinski definition) is 1. The van der Waals surface area contributed by atoms with Crippen LogP contribution in [0.4, 0.5) is 5.95 Å². The first-order chi connectivity index (χ1) is 10.8. The summed E-state index contributed by atoms with van der Waals surface area (Å²) in [6, 6.07) is 7.03. The van der Waals surface area contributed by atoms with Gasteiger partial charge in [0.1, 0.15) is 0 Å². The number of aliphatic hydroxyl groups excluding tert-OH is 1. The van der Waals surface area contributed by atoms with Gasteiger partial charge in [-0.3, -0.25) is 4.79 Å². The van der Waals surface area contributed by atoms with Gasteiger partial charge in [-0.15, -0.1) is 0 Å². The van der Waals surface area contributed by atoms with Gasteiger partial charge >= 0.3 is 0 Å². The lowest BCUT2D eigenvalue weighted by Crippen LogP contribution is -2.50. The Kier molecular flexibility index (Phi) is 3.18. The van der Waals surface area contributed by atoms with Crippen molar-refractivity contribution in [1.82, 2.24) is 14.5 Å². The minimum atomic E-state index is -0.161. The molecule has 0 amide bonds. The molecule has 3 atom stereocenters. The zero-order chi connectivity index (χ0) is 15.1. The van der Waals surface area contributed by atoms with Crippen LogP contribution in [-0.4, -0.2) is 39.3 Å². The van der Waals surface area contributed by atoms with Crippen molar-refractivity contribution in [3.63, 3.8) is 0 Å². The molecule has 1 saturated heterocycles. The number of fused-ring (bicyclic) bond motifs is 4. The lowest BCUT2D eigenvalue weighted by Gasteiger charge is -2.46. The van der Waals surface area contributed by atoms with Gasteiger partial charge in [-0.2, -0.15) is 0 Å². The number of rotatable bonds is 2. The summed E-state index contributed by atoms with van der Waals surface area (Å²) in [6.45, 7) is 1.56. The highest BCUT2D eigenvalue weighted by atomic mass is 16.3. The monoisotopic (exact) mass is 298 g/mol. The molecular formula is C16H18N4O2. The van der Waals surface area contributed by atoms with Crippen molar-refractivity contribution in [3.05, 3.63) is 52.7 Å². The molecule has 0 aliphatic carbocycles. The van der Waals surface area contributed by atoms with Gasteiger partial charge in [0.2, 0.25) is 5.95 Å². The van der Waals surface area contributed by atoms with Gasteiger partial charge in [-0.05, 0) is 18.6 Å². The molecule has 2 bridgehead atoms. The average Bonchev–Trinajstić information content (AvgIpc) is 2.57. The van der Waals surface area contributed by atoms with E-state index in [1.54, 1.807) is 35.2 Å². The molecule has 2 aliphatic heterocycles. The maximum absolute atomic E-state index is 12.2.